The number of aliphatic hydroxyl groups excluding tert-OH is 1. The molecule has 1 aromatic rings. The lowest BCUT2D eigenvalue weighted by Crippen LogP contribution is -2.24. The minimum absolute atomic E-state index is 0.0314. The van der Waals surface area contributed by atoms with E-state index in [4.69, 9.17) is 6.42 Å². The second kappa shape index (κ2) is 5.79. The lowest BCUT2D eigenvalue weighted by Gasteiger charge is -2.23. The van der Waals surface area contributed by atoms with Crippen molar-refractivity contribution in [2.75, 3.05) is 18.0 Å². The van der Waals surface area contributed by atoms with Gasteiger partial charge in [-0.05, 0) is 19.1 Å². The predicted octanol–water partition coefficient (Wildman–Crippen LogP) is 2.40. The fourth-order valence-corrected chi connectivity index (χ4v) is 1.79. The summed E-state index contributed by atoms with van der Waals surface area (Å²) in [5.74, 6) is 2.62. The normalized spacial score (nSPS) is 9.73. The van der Waals surface area contributed by atoms with Crippen LogP contribution in [0.2, 0.25) is 0 Å². The number of rotatable bonds is 4. The Hall–Kier alpha value is -0.980. The first-order chi connectivity index (χ1) is 7.22. The molecule has 0 heterocycles. The van der Waals surface area contributed by atoms with Crippen LogP contribution in [0, 0.1) is 12.3 Å². The molecule has 2 nitrogen and oxygen atoms in total. The standard InChI is InChI=1S/C12H14BrNO/c1-3-7-14(4-2)12-8-11(13)6-5-10(12)9-15/h1,5-6,8,15H,4,7,9H2,2H3. The first-order valence-electron chi connectivity index (χ1n) is 4.80. The van der Waals surface area contributed by atoms with E-state index in [2.05, 4.69) is 26.8 Å². The molecule has 1 rings (SSSR count). The van der Waals surface area contributed by atoms with Crippen LogP contribution in [-0.2, 0) is 6.61 Å². The lowest BCUT2D eigenvalue weighted by molar-refractivity contribution is 0.282. The van der Waals surface area contributed by atoms with Gasteiger partial charge >= 0.3 is 0 Å². The minimum Gasteiger partial charge on any atom is -0.392 e. The van der Waals surface area contributed by atoms with Gasteiger partial charge in [-0.2, -0.15) is 0 Å². The van der Waals surface area contributed by atoms with E-state index < -0.39 is 0 Å². The fourth-order valence-electron chi connectivity index (χ4n) is 1.44. The van der Waals surface area contributed by atoms with Crippen molar-refractivity contribution in [3.05, 3.63) is 28.2 Å². The maximum Gasteiger partial charge on any atom is 0.0791 e. The van der Waals surface area contributed by atoms with Gasteiger partial charge in [-0.15, -0.1) is 6.42 Å². The Morgan fingerprint density at radius 2 is 2.27 bits per heavy atom. The largest absolute Gasteiger partial charge is 0.392 e. The molecule has 0 bridgehead atoms. The summed E-state index contributed by atoms with van der Waals surface area (Å²) in [5.41, 5.74) is 1.89. The first-order valence-corrected chi connectivity index (χ1v) is 5.60. The molecular formula is C12H14BrNO. The highest BCUT2D eigenvalue weighted by Gasteiger charge is 2.08. The van der Waals surface area contributed by atoms with E-state index in [0.29, 0.717) is 6.54 Å². The Labute approximate surface area is 99.0 Å². The van der Waals surface area contributed by atoms with Gasteiger partial charge in [-0.3, -0.25) is 0 Å². The van der Waals surface area contributed by atoms with Crippen molar-refractivity contribution >= 4 is 21.6 Å². The summed E-state index contributed by atoms with van der Waals surface area (Å²) in [4.78, 5) is 2.05. The van der Waals surface area contributed by atoms with Crippen molar-refractivity contribution in [3.8, 4) is 12.3 Å². The molecule has 80 valence electrons. The average Bonchev–Trinajstić information content (AvgIpc) is 2.26. The second-order valence-corrected chi connectivity index (χ2v) is 4.07. The fraction of sp³-hybridized carbons (Fsp3) is 0.333. The number of aliphatic hydroxyl groups is 1. The summed E-state index contributed by atoms with van der Waals surface area (Å²) in [6.07, 6.45) is 5.31. The molecule has 0 amide bonds. The highest BCUT2D eigenvalue weighted by atomic mass is 79.9. The number of hydrogen-bond donors (Lipinski definition) is 1. The van der Waals surface area contributed by atoms with Crippen molar-refractivity contribution in [3.63, 3.8) is 0 Å². The number of terminal acetylenes is 1. The van der Waals surface area contributed by atoms with E-state index in [1.165, 1.54) is 0 Å². The zero-order chi connectivity index (χ0) is 11.3. The number of nitrogens with zero attached hydrogens (tertiary/aromatic N) is 1. The van der Waals surface area contributed by atoms with Gasteiger partial charge in [0.15, 0.2) is 0 Å². The molecule has 0 aromatic heterocycles. The molecule has 0 saturated carbocycles. The van der Waals surface area contributed by atoms with Gasteiger partial charge in [0.1, 0.15) is 0 Å². The van der Waals surface area contributed by atoms with E-state index in [0.717, 1.165) is 22.3 Å². The third kappa shape index (κ3) is 2.98. The molecule has 0 saturated heterocycles. The monoisotopic (exact) mass is 267 g/mol. The summed E-state index contributed by atoms with van der Waals surface area (Å²) < 4.78 is 0.991. The van der Waals surface area contributed by atoms with Gasteiger partial charge in [0.2, 0.25) is 0 Å². The summed E-state index contributed by atoms with van der Waals surface area (Å²) in [6.45, 7) is 3.46. The molecule has 0 aliphatic heterocycles. The molecule has 0 unspecified atom stereocenters. The van der Waals surface area contributed by atoms with E-state index in [1.807, 2.05) is 25.1 Å². The van der Waals surface area contributed by atoms with Gasteiger partial charge in [0, 0.05) is 22.3 Å². The number of hydrogen-bond acceptors (Lipinski definition) is 2. The van der Waals surface area contributed by atoms with Crippen molar-refractivity contribution < 1.29 is 5.11 Å². The predicted molar refractivity (Wildman–Crippen MR) is 66.8 cm³/mol. The highest BCUT2D eigenvalue weighted by molar-refractivity contribution is 9.10. The second-order valence-electron chi connectivity index (χ2n) is 3.15. The zero-order valence-corrected chi connectivity index (χ0v) is 10.3. The molecule has 0 aliphatic carbocycles. The van der Waals surface area contributed by atoms with Crippen LogP contribution >= 0.6 is 15.9 Å². The van der Waals surface area contributed by atoms with Gasteiger partial charge in [-0.1, -0.05) is 27.9 Å². The van der Waals surface area contributed by atoms with Gasteiger partial charge in [0.05, 0.1) is 13.2 Å². The SMILES string of the molecule is C#CCN(CC)c1cc(Br)ccc1CO. The molecule has 15 heavy (non-hydrogen) atoms. The van der Waals surface area contributed by atoms with Gasteiger partial charge in [-0.25, -0.2) is 0 Å². The summed E-state index contributed by atoms with van der Waals surface area (Å²) >= 11 is 3.41. The average molecular weight is 268 g/mol. The van der Waals surface area contributed by atoms with Crippen LogP contribution in [0.5, 0.6) is 0 Å². The molecular weight excluding hydrogens is 254 g/mol. The highest BCUT2D eigenvalue weighted by Crippen LogP contribution is 2.25. The quantitative estimate of drug-likeness (QED) is 0.848. The Kier molecular flexibility index (Phi) is 4.67. The van der Waals surface area contributed by atoms with Crippen molar-refractivity contribution in [1.29, 1.82) is 0 Å². The Bertz CT molecular complexity index is 370. The lowest BCUT2D eigenvalue weighted by atomic mass is 10.1. The zero-order valence-electron chi connectivity index (χ0n) is 8.70. The van der Waals surface area contributed by atoms with Crippen LogP contribution in [-0.4, -0.2) is 18.2 Å². The van der Waals surface area contributed by atoms with Crippen LogP contribution in [0.3, 0.4) is 0 Å². The van der Waals surface area contributed by atoms with E-state index in [-0.39, 0.29) is 6.61 Å². The maximum absolute atomic E-state index is 9.23. The van der Waals surface area contributed by atoms with Crippen molar-refractivity contribution in [1.82, 2.24) is 0 Å². The van der Waals surface area contributed by atoms with E-state index in [1.54, 1.807) is 0 Å². The Balaban J connectivity index is 3.09. The summed E-state index contributed by atoms with van der Waals surface area (Å²) in [7, 11) is 0. The van der Waals surface area contributed by atoms with Crippen LogP contribution in [0.25, 0.3) is 0 Å². The minimum atomic E-state index is 0.0314. The summed E-state index contributed by atoms with van der Waals surface area (Å²) in [5, 5.41) is 9.23. The molecule has 0 atom stereocenters. The molecule has 0 radical (unpaired) electrons. The topological polar surface area (TPSA) is 23.5 Å². The van der Waals surface area contributed by atoms with Crippen molar-refractivity contribution in [2.24, 2.45) is 0 Å². The third-order valence-corrected chi connectivity index (χ3v) is 2.72. The van der Waals surface area contributed by atoms with Gasteiger partial charge in [0.25, 0.3) is 0 Å². The molecule has 1 aromatic carbocycles. The molecule has 3 heteroatoms. The molecule has 0 fully saturated rings. The van der Waals surface area contributed by atoms with Crippen LogP contribution < -0.4 is 4.90 Å². The number of benzene rings is 1. The molecule has 1 N–H and O–H groups in total. The van der Waals surface area contributed by atoms with Crippen molar-refractivity contribution in [2.45, 2.75) is 13.5 Å². The number of anilines is 1. The van der Waals surface area contributed by atoms with Crippen LogP contribution in [0.4, 0.5) is 5.69 Å². The molecule has 0 aliphatic rings. The number of halogens is 1. The Morgan fingerprint density at radius 3 is 2.80 bits per heavy atom. The summed E-state index contributed by atoms with van der Waals surface area (Å²) in [6, 6.07) is 5.80. The van der Waals surface area contributed by atoms with E-state index in [9.17, 15) is 5.11 Å². The third-order valence-electron chi connectivity index (χ3n) is 2.22. The van der Waals surface area contributed by atoms with Crippen LogP contribution in [0.15, 0.2) is 22.7 Å². The smallest absolute Gasteiger partial charge is 0.0791 e. The Morgan fingerprint density at radius 1 is 1.53 bits per heavy atom. The van der Waals surface area contributed by atoms with E-state index >= 15 is 0 Å². The maximum atomic E-state index is 9.23. The first kappa shape index (κ1) is 12.1. The van der Waals surface area contributed by atoms with Crippen LogP contribution in [0.1, 0.15) is 12.5 Å². The molecule has 0 spiro atoms. The van der Waals surface area contributed by atoms with Gasteiger partial charge < -0.3 is 10.0 Å².